The molecule has 0 N–H and O–H groups in total. The van der Waals surface area contributed by atoms with Gasteiger partial charge in [0.05, 0.1) is 0 Å². The second-order valence-electron chi connectivity index (χ2n) is 4.74. The van der Waals surface area contributed by atoms with E-state index in [0.717, 1.165) is 17.5 Å². The Labute approximate surface area is 142 Å². The molecule has 104 valence electrons. The summed E-state index contributed by atoms with van der Waals surface area (Å²) in [5, 5.41) is 0. The van der Waals surface area contributed by atoms with Crippen molar-refractivity contribution in [3.05, 3.63) is 59.2 Å². The second kappa shape index (κ2) is 4.97. The van der Waals surface area contributed by atoms with Crippen molar-refractivity contribution in [2.45, 2.75) is 14.5 Å². The fraction of sp³-hybridized carbons (Fsp3) is 0.200. The van der Waals surface area contributed by atoms with Gasteiger partial charge >= 0.3 is 0 Å². The molecule has 0 fully saturated rings. The molecule has 0 saturated heterocycles. The molecule has 0 heterocycles. The van der Waals surface area contributed by atoms with Gasteiger partial charge < -0.3 is 0 Å². The van der Waals surface area contributed by atoms with E-state index in [1.807, 2.05) is 30.3 Å². The highest BCUT2D eigenvalue weighted by Crippen LogP contribution is 2.55. The number of halogens is 5. The molecule has 0 nitrogen and oxygen atoms in total. The first-order chi connectivity index (χ1) is 9.32. The van der Waals surface area contributed by atoms with E-state index >= 15 is 0 Å². The molecular weight excluding hydrogens is 357 g/mol. The molecule has 0 saturated carbocycles. The normalized spacial score (nSPS) is 14.1. The largest absolute Gasteiger partial charge is 0.227 e. The number of fused-ring (bicyclic) bond motifs is 3. The fourth-order valence-corrected chi connectivity index (χ4v) is 3.26. The van der Waals surface area contributed by atoms with Crippen LogP contribution in [-0.4, -0.2) is 3.79 Å². The highest BCUT2D eigenvalue weighted by molar-refractivity contribution is 6.75. The Bertz CT molecular complexity index is 670. The fourth-order valence-electron chi connectivity index (χ4n) is 2.60. The summed E-state index contributed by atoms with van der Waals surface area (Å²) in [7, 11) is 0. The number of benzene rings is 2. The Balaban J connectivity index is 2.20. The zero-order chi connectivity index (χ0) is 14.5. The summed E-state index contributed by atoms with van der Waals surface area (Å²) >= 11 is 30.5. The average Bonchev–Trinajstić information content (AvgIpc) is 2.75. The van der Waals surface area contributed by atoms with Gasteiger partial charge in [-0.05, 0) is 34.2 Å². The molecule has 20 heavy (non-hydrogen) atoms. The summed E-state index contributed by atoms with van der Waals surface area (Å²) in [6.45, 7) is 0. The molecule has 0 aliphatic heterocycles. The lowest BCUT2D eigenvalue weighted by Gasteiger charge is -2.29. The molecule has 2 aromatic carbocycles. The summed E-state index contributed by atoms with van der Waals surface area (Å²) in [4.78, 5) is 0. The van der Waals surface area contributed by atoms with Crippen LogP contribution in [0.4, 0.5) is 0 Å². The molecule has 0 aromatic heterocycles. The molecule has 1 aliphatic carbocycles. The van der Waals surface area contributed by atoms with Crippen molar-refractivity contribution >= 4 is 58.0 Å². The molecule has 3 rings (SSSR count). The van der Waals surface area contributed by atoms with Crippen LogP contribution in [-0.2, 0) is 10.8 Å². The van der Waals surface area contributed by atoms with Crippen LogP contribution in [0.5, 0.6) is 0 Å². The Kier molecular flexibility index (Phi) is 3.68. The third-order valence-corrected chi connectivity index (χ3v) is 5.95. The molecular formula is C15H9Cl5. The van der Waals surface area contributed by atoms with E-state index in [1.165, 1.54) is 11.1 Å². The van der Waals surface area contributed by atoms with Crippen LogP contribution < -0.4 is 0 Å². The summed E-state index contributed by atoms with van der Waals surface area (Å²) in [5.74, 6) is 0. The van der Waals surface area contributed by atoms with Gasteiger partial charge in [-0.25, -0.2) is 0 Å². The summed E-state index contributed by atoms with van der Waals surface area (Å²) in [6.07, 6.45) is 0.740. The zero-order valence-corrected chi connectivity index (χ0v) is 13.9. The second-order valence-corrected chi connectivity index (χ2v) is 8.35. The predicted octanol–water partition coefficient (Wildman–Crippen LogP) is 6.26. The Morgan fingerprint density at radius 3 is 2.10 bits per heavy atom. The quantitative estimate of drug-likeness (QED) is 0.446. The van der Waals surface area contributed by atoms with Crippen molar-refractivity contribution in [2.75, 3.05) is 0 Å². The van der Waals surface area contributed by atoms with E-state index in [0.29, 0.717) is 5.56 Å². The van der Waals surface area contributed by atoms with Crippen molar-refractivity contribution < 1.29 is 0 Å². The average molecular weight is 367 g/mol. The topological polar surface area (TPSA) is 0 Å². The third kappa shape index (κ3) is 2.23. The molecule has 0 radical (unpaired) electrons. The van der Waals surface area contributed by atoms with Crippen LogP contribution in [0.2, 0.25) is 0 Å². The first-order valence-corrected chi connectivity index (χ1v) is 7.86. The minimum atomic E-state index is -1.81. The van der Waals surface area contributed by atoms with Gasteiger partial charge in [0.15, 0.2) is 4.33 Å². The van der Waals surface area contributed by atoms with Crippen LogP contribution >= 0.6 is 58.0 Å². The zero-order valence-electron chi connectivity index (χ0n) is 10.1. The van der Waals surface area contributed by atoms with Crippen molar-refractivity contribution in [3.63, 3.8) is 0 Å². The van der Waals surface area contributed by atoms with E-state index in [9.17, 15) is 0 Å². The van der Waals surface area contributed by atoms with Crippen LogP contribution in [0.1, 0.15) is 16.7 Å². The lowest BCUT2D eigenvalue weighted by atomic mass is 9.99. The highest BCUT2D eigenvalue weighted by Gasteiger charge is 2.49. The number of alkyl halides is 5. The first-order valence-electron chi connectivity index (χ1n) is 5.97. The Hall–Kier alpha value is -0.110. The van der Waals surface area contributed by atoms with Gasteiger partial charge in [-0.3, -0.25) is 0 Å². The maximum absolute atomic E-state index is 6.33. The van der Waals surface area contributed by atoms with Gasteiger partial charge in [0.2, 0.25) is 3.79 Å². The number of rotatable bonds is 1. The smallest absolute Gasteiger partial charge is 0.0915 e. The van der Waals surface area contributed by atoms with E-state index < -0.39 is 8.13 Å². The molecule has 0 atom stereocenters. The van der Waals surface area contributed by atoms with Crippen LogP contribution in [0.25, 0.3) is 11.1 Å². The Morgan fingerprint density at radius 1 is 0.750 bits per heavy atom. The molecule has 5 heteroatoms. The SMILES string of the molecule is ClC(Cl)(Cl)C(Cl)(Cl)c1cccc2c1Cc1ccccc1-2. The van der Waals surface area contributed by atoms with Crippen molar-refractivity contribution in [1.82, 2.24) is 0 Å². The molecule has 2 aromatic rings. The molecule has 0 unspecified atom stereocenters. The summed E-state index contributed by atoms with van der Waals surface area (Å²) in [5.41, 5.74) is 5.17. The van der Waals surface area contributed by atoms with E-state index in [4.69, 9.17) is 58.0 Å². The minimum Gasteiger partial charge on any atom is -0.0915 e. The highest BCUT2D eigenvalue weighted by atomic mass is 35.6. The maximum atomic E-state index is 6.33. The molecule has 0 amide bonds. The summed E-state index contributed by atoms with van der Waals surface area (Å²) in [6, 6.07) is 13.9. The van der Waals surface area contributed by atoms with Crippen LogP contribution in [0.15, 0.2) is 42.5 Å². The van der Waals surface area contributed by atoms with E-state index in [2.05, 4.69) is 12.1 Å². The first kappa shape index (κ1) is 14.8. The number of hydrogen-bond donors (Lipinski definition) is 0. The molecule has 1 aliphatic rings. The van der Waals surface area contributed by atoms with Gasteiger partial charge in [0, 0.05) is 0 Å². The standard InChI is InChI=1S/C15H9Cl5/c16-14(17,15(18,19)20)13-7-3-6-11-10-5-2-1-4-9(10)8-12(11)13/h1-7H,8H2. The number of hydrogen-bond acceptors (Lipinski definition) is 0. The van der Waals surface area contributed by atoms with Crippen LogP contribution in [0.3, 0.4) is 0 Å². The van der Waals surface area contributed by atoms with Crippen molar-refractivity contribution in [2.24, 2.45) is 0 Å². The minimum absolute atomic E-state index is 0.648. The van der Waals surface area contributed by atoms with E-state index in [-0.39, 0.29) is 0 Å². The van der Waals surface area contributed by atoms with Gasteiger partial charge in [-0.1, -0.05) is 100 Å². The molecule has 0 spiro atoms. The van der Waals surface area contributed by atoms with Gasteiger partial charge in [0.25, 0.3) is 0 Å². The maximum Gasteiger partial charge on any atom is 0.227 e. The van der Waals surface area contributed by atoms with Gasteiger partial charge in [0.1, 0.15) is 0 Å². The van der Waals surface area contributed by atoms with Crippen LogP contribution in [0, 0.1) is 0 Å². The van der Waals surface area contributed by atoms with Crippen molar-refractivity contribution in [1.29, 1.82) is 0 Å². The van der Waals surface area contributed by atoms with Gasteiger partial charge in [-0.15, -0.1) is 0 Å². The monoisotopic (exact) mass is 364 g/mol. The lowest BCUT2D eigenvalue weighted by molar-refractivity contribution is 0.863. The van der Waals surface area contributed by atoms with E-state index in [1.54, 1.807) is 0 Å². The third-order valence-electron chi connectivity index (χ3n) is 3.55. The summed E-state index contributed by atoms with van der Waals surface area (Å²) < 4.78 is -3.40. The predicted molar refractivity (Wildman–Crippen MR) is 88.4 cm³/mol. The van der Waals surface area contributed by atoms with Crippen molar-refractivity contribution in [3.8, 4) is 11.1 Å². The lowest BCUT2D eigenvalue weighted by Crippen LogP contribution is -2.29. The Morgan fingerprint density at radius 2 is 1.40 bits per heavy atom. The van der Waals surface area contributed by atoms with Gasteiger partial charge in [-0.2, -0.15) is 0 Å². The molecule has 0 bridgehead atoms.